The zero-order valence-electron chi connectivity index (χ0n) is 24.3. The predicted octanol–water partition coefficient (Wildman–Crippen LogP) is 2.93. The molecular formula is C29H37F3N8O2. The van der Waals surface area contributed by atoms with Crippen molar-refractivity contribution >= 4 is 17.4 Å². The van der Waals surface area contributed by atoms with Crippen LogP contribution in [0.3, 0.4) is 0 Å². The Morgan fingerprint density at radius 1 is 1.19 bits per heavy atom. The number of carbonyl (C=O) groups is 1. The van der Waals surface area contributed by atoms with Crippen molar-refractivity contribution < 1.29 is 22.7 Å². The van der Waals surface area contributed by atoms with Gasteiger partial charge in [0.2, 0.25) is 5.91 Å². The molecule has 3 aliphatic heterocycles. The first kappa shape index (κ1) is 29.8. The fraction of sp³-hybridized carbons (Fsp3) is 0.586. The number of ether oxygens (including phenoxy) is 1. The lowest BCUT2D eigenvalue weighted by atomic mass is 9.91. The predicted molar refractivity (Wildman–Crippen MR) is 151 cm³/mol. The molecule has 42 heavy (non-hydrogen) atoms. The standard InChI is InChI=1S/C29H37F3N8O2/c1-5-26(41)38-10-11-40(22(17-38)18-42-4)21-15-39(16-21)24-12-25(35-28(23(24)13-33)29(30,31)32)37-8-6-20(7-9-37)27-19(2)14-34-36(27)3/h5,12,14,20-22H,1,6-11,15-18H2,2-4H3/t22-/m1/s1. The minimum Gasteiger partial charge on any atom is -0.383 e. The molecule has 0 aliphatic carbocycles. The molecule has 0 spiro atoms. The van der Waals surface area contributed by atoms with Crippen LogP contribution in [0.25, 0.3) is 0 Å². The first-order valence-corrected chi connectivity index (χ1v) is 14.2. The average Bonchev–Trinajstić information content (AvgIpc) is 3.29. The molecule has 5 heterocycles. The van der Waals surface area contributed by atoms with E-state index in [0.717, 1.165) is 24.1 Å². The molecule has 0 bridgehead atoms. The van der Waals surface area contributed by atoms with Gasteiger partial charge in [0.25, 0.3) is 0 Å². The second-order valence-electron chi connectivity index (χ2n) is 11.3. The van der Waals surface area contributed by atoms with E-state index in [9.17, 15) is 23.2 Å². The Morgan fingerprint density at radius 3 is 2.48 bits per heavy atom. The van der Waals surface area contributed by atoms with Crippen LogP contribution in [0.2, 0.25) is 0 Å². The number of amides is 1. The van der Waals surface area contributed by atoms with Crippen molar-refractivity contribution in [2.75, 3.05) is 69.3 Å². The number of alkyl halides is 3. The third kappa shape index (κ3) is 5.70. The van der Waals surface area contributed by atoms with Crippen LogP contribution in [0, 0.1) is 18.3 Å². The number of carbonyl (C=O) groups excluding carboxylic acids is 1. The minimum absolute atomic E-state index is 0.0432. The van der Waals surface area contributed by atoms with Crippen molar-refractivity contribution in [3.63, 3.8) is 0 Å². The molecule has 10 nitrogen and oxygen atoms in total. The normalized spacial score (nSPS) is 20.9. The Kier molecular flexibility index (Phi) is 8.48. The monoisotopic (exact) mass is 586 g/mol. The maximum atomic E-state index is 14.2. The van der Waals surface area contributed by atoms with Crippen molar-refractivity contribution in [3.05, 3.63) is 47.4 Å². The van der Waals surface area contributed by atoms with E-state index in [2.05, 4.69) is 21.6 Å². The summed E-state index contributed by atoms with van der Waals surface area (Å²) < 4.78 is 49.9. The summed E-state index contributed by atoms with van der Waals surface area (Å²) in [6.45, 7) is 9.72. The highest BCUT2D eigenvalue weighted by molar-refractivity contribution is 5.87. The molecule has 0 radical (unpaired) electrons. The first-order chi connectivity index (χ1) is 20.0. The van der Waals surface area contributed by atoms with Gasteiger partial charge in [0.05, 0.1) is 24.5 Å². The largest absolute Gasteiger partial charge is 0.434 e. The van der Waals surface area contributed by atoms with E-state index in [1.807, 2.05) is 34.6 Å². The van der Waals surface area contributed by atoms with E-state index >= 15 is 0 Å². The molecule has 226 valence electrons. The number of aryl methyl sites for hydroxylation is 2. The highest BCUT2D eigenvalue weighted by Gasteiger charge is 2.43. The Morgan fingerprint density at radius 2 is 1.90 bits per heavy atom. The summed E-state index contributed by atoms with van der Waals surface area (Å²) in [5.74, 6) is 0.383. The van der Waals surface area contributed by atoms with Gasteiger partial charge in [0.15, 0.2) is 5.69 Å². The quantitative estimate of drug-likeness (QED) is 0.458. The molecule has 1 atom stereocenters. The molecule has 2 aromatic heterocycles. The molecule has 0 aromatic carbocycles. The fourth-order valence-corrected chi connectivity index (χ4v) is 6.65. The topological polar surface area (TPSA) is 93.8 Å². The van der Waals surface area contributed by atoms with E-state index in [4.69, 9.17) is 4.74 Å². The lowest BCUT2D eigenvalue weighted by molar-refractivity contribution is -0.141. The van der Waals surface area contributed by atoms with E-state index < -0.39 is 17.4 Å². The number of piperidine rings is 1. The molecule has 0 unspecified atom stereocenters. The lowest BCUT2D eigenvalue weighted by Crippen LogP contribution is -2.67. The number of nitriles is 1. The molecule has 0 N–H and O–H groups in total. The number of pyridine rings is 1. The molecule has 2 aromatic rings. The maximum absolute atomic E-state index is 14.2. The summed E-state index contributed by atoms with van der Waals surface area (Å²) in [6.07, 6.45) is -0.0840. The second kappa shape index (κ2) is 11.9. The van der Waals surface area contributed by atoms with Crippen LogP contribution in [-0.4, -0.2) is 102 Å². The Bertz CT molecular complexity index is 1340. The van der Waals surface area contributed by atoms with Crippen molar-refractivity contribution in [1.82, 2.24) is 24.6 Å². The van der Waals surface area contributed by atoms with E-state index in [1.54, 1.807) is 24.1 Å². The first-order valence-electron chi connectivity index (χ1n) is 14.2. The number of aromatic nitrogens is 3. The molecule has 3 saturated heterocycles. The smallest absolute Gasteiger partial charge is 0.383 e. The van der Waals surface area contributed by atoms with Gasteiger partial charge in [0.1, 0.15) is 17.5 Å². The molecule has 5 rings (SSSR count). The van der Waals surface area contributed by atoms with Gasteiger partial charge < -0.3 is 19.4 Å². The van der Waals surface area contributed by atoms with Crippen LogP contribution < -0.4 is 9.80 Å². The average molecular weight is 587 g/mol. The number of nitrogens with zero attached hydrogens (tertiary/aromatic N) is 8. The third-order valence-electron chi connectivity index (χ3n) is 8.79. The summed E-state index contributed by atoms with van der Waals surface area (Å²) in [5.41, 5.74) is 0.953. The summed E-state index contributed by atoms with van der Waals surface area (Å²) in [7, 11) is 3.52. The van der Waals surface area contributed by atoms with Gasteiger partial charge in [-0.15, -0.1) is 0 Å². The van der Waals surface area contributed by atoms with Crippen molar-refractivity contribution in [2.24, 2.45) is 7.05 Å². The molecule has 3 fully saturated rings. The fourth-order valence-electron chi connectivity index (χ4n) is 6.65. The number of anilines is 2. The second-order valence-corrected chi connectivity index (χ2v) is 11.3. The summed E-state index contributed by atoms with van der Waals surface area (Å²) >= 11 is 0. The zero-order valence-corrected chi connectivity index (χ0v) is 24.3. The molecule has 0 saturated carbocycles. The number of halogens is 3. The molecule has 3 aliphatic rings. The molecule has 1 amide bonds. The van der Waals surface area contributed by atoms with Gasteiger partial charge in [-0.25, -0.2) is 4.98 Å². The Hall–Kier alpha value is -3.63. The van der Waals surface area contributed by atoms with Gasteiger partial charge in [0, 0.05) is 83.7 Å². The van der Waals surface area contributed by atoms with Crippen LogP contribution >= 0.6 is 0 Å². The minimum atomic E-state index is -4.76. The third-order valence-corrected chi connectivity index (χ3v) is 8.79. The van der Waals surface area contributed by atoms with Crippen molar-refractivity contribution in [3.8, 4) is 6.07 Å². The van der Waals surface area contributed by atoms with Crippen LogP contribution in [-0.2, 0) is 22.8 Å². The van der Waals surface area contributed by atoms with Crippen LogP contribution in [0.5, 0.6) is 0 Å². The maximum Gasteiger partial charge on any atom is 0.434 e. The highest BCUT2D eigenvalue weighted by Crippen LogP contribution is 2.40. The summed E-state index contributed by atoms with van der Waals surface area (Å²) in [5, 5.41) is 14.2. The van der Waals surface area contributed by atoms with Gasteiger partial charge in [-0.05, 0) is 31.4 Å². The van der Waals surface area contributed by atoms with E-state index in [0.29, 0.717) is 52.4 Å². The van der Waals surface area contributed by atoms with Gasteiger partial charge in [-0.2, -0.15) is 23.5 Å². The van der Waals surface area contributed by atoms with E-state index in [1.165, 1.54) is 6.08 Å². The Balaban J connectivity index is 1.35. The SMILES string of the molecule is C=CC(=O)N1CCN(C2CN(c3cc(N4CCC(c5c(C)cnn5C)CC4)nc(C(F)(F)F)c3C#N)C2)[C@@H](COC)C1. The van der Waals surface area contributed by atoms with Gasteiger partial charge in [-0.3, -0.25) is 14.4 Å². The van der Waals surface area contributed by atoms with Crippen molar-refractivity contribution in [2.45, 2.75) is 43.9 Å². The van der Waals surface area contributed by atoms with Crippen LogP contribution in [0.15, 0.2) is 24.9 Å². The number of methoxy groups -OCH3 is 1. The van der Waals surface area contributed by atoms with Crippen LogP contribution in [0.4, 0.5) is 24.7 Å². The Labute approximate surface area is 243 Å². The van der Waals surface area contributed by atoms with E-state index in [-0.39, 0.29) is 35.4 Å². The molecule has 13 heteroatoms. The number of hydrogen-bond acceptors (Lipinski definition) is 8. The zero-order chi connectivity index (χ0) is 30.2. The highest BCUT2D eigenvalue weighted by atomic mass is 19.4. The summed E-state index contributed by atoms with van der Waals surface area (Å²) in [6, 6.07) is 3.46. The van der Waals surface area contributed by atoms with Gasteiger partial charge in [-0.1, -0.05) is 6.58 Å². The lowest BCUT2D eigenvalue weighted by Gasteiger charge is -2.52. The number of rotatable bonds is 7. The van der Waals surface area contributed by atoms with Crippen LogP contribution in [0.1, 0.15) is 41.3 Å². The number of piperazine rings is 1. The van der Waals surface area contributed by atoms with Gasteiger partial charge >= 0.3 is 6.18 Å². The number of hydrogen-bond donors (Lipinski definition) is 0. The summed E-state index contributed by atoms with van der Waals surface area (Å²) in [4.78, 5) is 23.9. The molecular weight excluding hydrogens is 549 g/mol. The van der Waals surface area contributed by atoms with Crippen molar-refractivity contribution in [1.29, 1.82) is 5.26 Å².